The van der Waals surface area contributed by atoms with Crippen LogP contribution < -0.4 is 0 Å². The van der Waals surface area contributed by atoms with Crippen molar-refractivity contribution in [2.24, 2.45) is 0 Å². The van der Waals surface area contributed by atoms with E-state index in [2.05, 4.69) is 0 Å². The van der Waals surface area contributed by atoms with Crippen molar-refractivity contribution in [1.82, 2.24) is 0 Å². The van der Waals surface area contributed by atoms with Gasteiger partial charge in [0.1, 0.15) is 0 Å². The molecule has 0 aliphatic carbocycles. The van der Waals surface area contributed by atoms with Gasteiger partial charge in [0.15, 0.2) is 0 Å². The molecule has 0 aromatic carbocycles. The number of alkyl halides is 1. The third kappa shape index (κ3) is 5.96. The Kier molecular flexibility index (Phi) is 6.06. The first-order valence-electron chi connectivity index (χ1n) is 4.81. The standard InChI is InChI=1S/C9H17FO3/c10-9-3-8-12-5-1-4-11-6-2-7-13-9/h9H,1-8H2. The number of rotatable bonds is 0. The predicted octanol–water partition coefficient (Wildman–Crippen LogP) is 1.52. The maximum absolute atomic E-state index is 12.8. The zero-order valence-corrected chi connectivity index (χ0v) is 7.84. The Balaban J connectivity index is 2.11. The van der Waals surface area contributed by atoms with Gasteiger partial charge in [-0.05, 0) is 12.8 Å². The second-order valence-electron chi connectivity index (χ2n) is 3.00. The second kappa shape index (κ2) is 7.24. The molecule has 13 heavy (non-hydrogen) atoms. The van der Waals surface area contributed by atoms with Crippen LogP contribution in [0.25, 0.3) is 0 Å². The van der Waals surface area contributed by atoms with Gasteiger partial charge in [0.2, 0.25) is 6.36 Å². The number of hydrogen-bond acceptors (Lipinski definition) is 3. The van der Waals surface area contributed by atoms with E-state index in [-0.39, 0.29) is 0 Å². The van der Waals surface area contributed by atoms with Gasteiger partial charge in [0, 0.05) is 26.2 Å². The molecule has 1 aliphatic rings. The van der Waals surface area contributed by atoms with E-state index in [0.717, 1.165) is 19.4 Å². The van der Waals surface area contributed by atoms with Gasteiger partial charge in [-0.15, -0.1) is 0 Å². The third-order valence-corrected chi connectivity index (χ3v) is 1.80. The summed E-state index contributed by atoms with van der Waals surface area (Å²) < 4.78 is 28.2. The van der Waals surface area contributed by atoms with E-state index < -0.39 is 6.36 Å². The van der Waals surface area contributed by atoms with Gasteiger partial charge in [-0.1, -0.05) is 0 Å². The lowest BCUT2D eigenvalue weighted by atomic mass is 10.4. The Labute approximate surface area is 78.2 Å². The van der Waals surface area contributed by atoms with Crippen LogP contribution in [0, 0.1) is 0 Å². The van der Waals surface area contributed by atoms with Crippen LogP contribution in [0.3, 0.4) is 0 Å². The van der Waals surface area contributed by atoms with Gasteiger partial charge in [0.25, 0.3) is 0 Å². The molecule has 1 aliphatic heterocycles. The normalized spacial score (nSPS) is 28.8. The Morgan fingerprint density at radius 2 is 1.46 bits per heavy atom. The Morgan fingerprint density at radius 3 is 2.23 bits per heavy atom. The van der Waals surface area contributed by atoms with E-state index in [9.17, 15) is 4.39 Å². The van der Waals surface area contributed by atoms with Gasteiger partial charge in [0.05, 0.1) is 13.2 Å². The summed E-state index contributed by atoms with van der Waals surface area (Å²) in [6.45, 7) is 2.88. The minimum Gasteiger partial charge on any atom is -0.381 e. The fraction of sp³-hybridized carbons (Fsp3) is 1.00. The zero-order valence-electron chi connectivity index (χ0n) is 7.84. The van der Waals surface area contributed by atoms with Gasteiger partial charge in [-0.2, -0.15) is 0 Å². The van der Waals surface area contributed by atoms with Crippen molar-refractivity contribution in [3.05, 3.63) is 0 Å². The molecular formula is C9H17FO3. The maximum Gasteiger partial charge on any atom is 0.200 e. The minimum absolute atomic E-state index is 0.334. The zero-order chi connectivity index (χ0) is 9.36. The summed E-state index contributed by atoms with van der Waals surface area (Å²) in [6.07, 6.45) is 0.805. The third-order valence-electron chi connectivity index (χ3n) is 1.80. The average molecular weight is 192 g/mol. The van der Waals surface area contributed by atoms with Gasteiger partial charge >= 0.3 is 0 Å². The highest BCUT2D eigenvalue weighted by atomic mass is 19.1. The van der Waals surface area contributed by atoms with Crippen LogP contribution in [0.2, 0.25) is 0 Å². The smallest absolute Gasteiger partial charge is 0.200 e. The molecule has 3 nitrogen and oxygen atoms in total. The summed E-state index contributed by atoms with van der Waals surface area (Å²) in [6, 6.07) is 0. The fourth-order valence-corrected chi connectivity index (χ4v) is 1.10. The van der Waals surface area contributed by atoms with E-state index in [1.807, 2.05) is 0 Å². The molecule has 1 fully saturated rings. The van der Waals surface area contributed by atoms with E-state index in [4.69, 9.17) is 14.2 Å². The van der Waals surface area contributed by atoms with Gasteiger partial charge < -0.3 is 14.2 Å². The van der Waals surface area contributed by atoms with Crippen LogP contribution in [0.5, 0.6) is 0 Å². The summed E-state index contributed by atoms with van der Waals surface area (Å²) in [5.74, 6) is 0. The highest BCUT2D eigenvalue weighted by molar-refractivity contribution is 4.45. The first-order valence-corrected chi connectivity index (χ1v) is 4.81. The molecule has 0 bridgehead atoms. The largest absolute Gasteiger partial charge is 0.381 e. The topological polar surface area (TPSA) is 27.7 Å². The average Bonchev–Trinajstić information content (AvgIpc) is 2.11. The minimum atomic E-state index is -1.18. The van der Waals surface area contributed by atoms with Crippen molar-refractivity contribution in [2.45, 2.75) is 25.6 Å². The molecule has 1 atom stereocenters. The van der Waals surface area contributed by atoms with Crippen LogP contribution in [0.4, 0.5) is 4.39 Å². The van der Waals surface area contributed by atoms with Crippen LogP contribution >= 0.6 is 0 Å². The molecule has 0 radical (unpaired) electrons. The van der Waals surface area contributed by atoms with Crippen molar-refractivity contribution < 1.29 is 18.6 Å². The SMILES string of the molecule is FC1CCOCCCOCCCO1. The molecule has 1 unspecified atom stereocenters. The quantitative estimate of drug-likeness (QED) is 0.582. The molecule has 0 spiro atoms. The monoisotopic (exact) mass is 192 g/mol. The van der Waals surface area contributed by atoms with Crippen LogP contribution in [-0.4, -0.2) is 39.4 Å². The second-order valence-corrected chi connectivity index (χ2v) is 3.00. The van der Waals surface area contributed by atoms with Crippen molar-refractivity contribution in [3.63, 3.8) is 0 Å². The molecular weight excluding hydrogens is 175 g/mol. The molecule has 1 rings (SSSR count). The van der Waals surface area contributed by atoms with E-state index >= 15 is 0 Å². The number of hydrogen-bond donors (Lipinski definition) is 0. The highest BCUT2D eigenvalue weighted by Crippen LogP contribution is 2.03. The van der Waals surface area contributed by atoms with Crippen LogP contribution in [-0.2, 0) is 14.2 Å². The Hall–Kier alpha value is -0.190. The Bertz CT molecular complexity index is 109. The van der Waals surface area contributed by atoms with E-state index in [1.165, 1.54) is 0 Å². The summed E-state index contributed by atoms with van der Waals surface area (Å²) in [7, 11) is 0. The summed E-state index contributed by atoms with van der Waals surface area (Å²) in [4.78, 5) is 0. The summed E-state index contributed by atoms with van der Waals surface area (Å²) in [5.41, 5.74) is 0. The first-order chi connectivity index (χ1) is 6.39. The van der Waals surface area contributed by atoms with Gasteiger partial charge in [-0.25, -0.2) is 4.39 Å². The molecule has 1 heterocycles. The summed E-state index contributed by atoms with van der Waals surface area (Å²) in [5, 5.41) is 0. The predicted molar refractivity (Wildman–Crippen MR) is 46.3 cm³/mol. The maximum atomic E-state index is 12.8. The van der Waals surface area contributed by atoms with Crippen molar-refractivity contribution in [1.29, 1.82) is 0 Å². The molecule has 0 aromatic rings. The molecule has 0 aromatic heterocycles. The number of halogens is 1. The molecule has 0 N–H and O–H groups in total. The lowest BCUT2D eigenvalue weighted by Crippen LogP contribution is -2.14. The molecule has 1 saturated heterocycles. The van der Waals surface area contributed by atoms with Crippen LogP contribution in [0.15, 0.2) is 0 Å². The lowest BCUT2D eigenvalue weighted by Gasteiger charge is -2.12. The lowest BCUT2D eigenvalue weighted by molar-refractivity contribution is -0.0677. The van der Waals surface area contributed by atoms with Crippen molar-refractivity contribution in [3.8, 4) is 0 Å². The number of ether oxygens (including phenoxy) is 3. The van der Waals surface area contributed by atoms with E-state index in [0.29, 0.717) is 32.8 Å². The Morgan fingerprint density at radius 1 is 0.846 bits per heavy atom. The fourth-order valence-electron chi connectivity index (χ4n) is 1.10. The van der Waals surface area contributed by atoms with Crippen LogP contribution in [0.1, 0.15) is 19.3 Å². The molecule has 4 heteroatoms. The first kappa shape index (κ1) is 10.9. The van der Waals surface area contributed by atoms with Crippen molar-refractivity contribution in [2.75, 3.05) is 33.0 Å². The molecule has 0 saturated carbocycles. The molecule has 78 valence electrons. The highest BCUT2D eigenvalue weighted by Gasteiger charge is 2.06. The molecule has 0 amide bonds. The summed E-state index contributed by atoms with van der Waals surface area (Å²) >= 11 is 0. The van der Waals surface area contributed by atoms with Crippen molar-refractivity contribution >= 4 is 0 Å². The van der Waals surface area contributed by atoms with Gasteiger partial charge in [-0.3, -0.25) is 0 Å². The van der Waals surface area contributed by atoms with E-state index in [1.54, 1.807) is 0 Å².